The second-order valence-corrected chi connectivity index (χ2v) is 7.50. The molecular formula is C18H21F4NO4. The molecule has 1 amide bonds. The number of benzene rings is 1. The fraction of sp³-hybridized carbons (Fsp3) is 0.556. The maximum absolute atomic E-state index is 13.9. The van der Waals surface area contributed by atoms with Gasteiger partial charge in [-0.15, -0.1) is 0 Å². The molecule has 1 saturated heterocycles. The average molecular weight is 391 g/mol. The van der Waals surface area contributed by atoms with Crippen LogP contribution in [0.5, 0.6) is 0 Å². The third-order valence-corrected chi connectivity index (χ3v) is 4.31. The van der Waals surface area contributed by atoms with Crippen LogP contribution in [-0.4, -0.2) is 40.8 Å². The second kappa shape index (κ2) is 7.36. The summed E-state index contributed by atoms with van der Waals surface area (Å²) in [6.07, 6.45) is -5.32. The topological polar surface area (TPSA) is 66.8 Å². The molecule has 2 rings (SSSR count). The normalized spacial score (nSPS) is 21.1. The van der Waals surface area contributed by atoms with Crippen LogP contribution in [0.25, 0.3) is 0 Å². The number of carboxylic acid groups (broad SMARTS) is 1. The molecule has 1 N–H and O–H groups in total. The molecule has 1 aromatic rings. The number of likely N-dealkylation sites (tertiary alicyclic amines) is 1. The van der Waals surface area contributed by atoms with Crippen LogP contribution in [0, 0.1) is 11.7 Å². The molecule has 1 aromatic carbocycles. The zero-order valence-corrected chi connectivity index (χ0v) is 15.1. The van der Waals surface area contributed by atoms with Crippen molar-refractivity contribution in [1.29, 1.82) is 0 Å². The van der Waals surface area contributed by atoms with E-state index in [9.17, 15) is 32.3 Å². The highest BCUT2D eigenvalue weighted by Crippen LogP contribution is 2.37. The molecule has 5 nitrogen and oxygen atoms in total. The predicted octanol–water partition coefficient (Wildman–Crippen LogP) is 4.27. The van der Waals surface area contributed by atoms with Crippen molar-refractivity contribution in [3.63, 3.8) is 0 Å². The molecule has 1 fully saturated rings. The average Bonchev–Trinajstić information content (AvgIpc) is 2.51. The van der Waals surface area contributed by atoms with Crippen molar-refractivity contribution in [2.75, 3.05) is 13.1 Å². The Morgan fingerprint density at radius 3 is 2.33 bits per heavy atom. The van der Waals surface area contributed by atoms with Gasteiger partial charge in [-0.3, -0.25) is 4.79 Å². The van der Waals surface area contributed by atoms with E-state index in [0.29, 0.717) is 6.07 Å². The van der Waals surface area contributed by atoms with E-state index in [2.05, 4.69) is 0 Å². The monoisotopic (exact) mass is 391 g/mol. The van der Waals surface area contributed by atoms with Crippen molar-refractivity contribution >= 4 is 12.1 Å². The van der Waals surface area contributed by atoms with E-state index in [-0.39, 0.29) is 25.1 Å². The van der Waals surface area contributed by atoms with Gasteiger partial charge in [-0.25, -0.2) is 9.18 Å². The number of carboxylic acids is 1. The molecule has 2 unspecified atom stereocenters. The fourth-order valence-corrected chi connectivity index (χ4v) is 3.09. The number of amides is 1. The minimum absolute atomic E-state index is 0.159. The van der Waals surface area contributed by atoms with Gasteiger partial charge < -0.3 is 14.7 Å². The van der Waals surface area contributed by atoms with Crippen LogP contribution in [0.15, 0.2) is 18.2 Å². The van der Waals surface area contributed by atoms with Crippen LogP contribution in [-0.2, 0) is 15.7 Å². The number of hydrogen-bond acceptors (Lipinski definition) is 3. The highest BCUT2D eigenvalue weighted by molar-refractivity contribution is 5.74. The van der Waals surface area contributed by atoms with Gasteiger partial charge in [-0.2, -0.15) is 13.2 Å². The van der Waals surface area contributed by atoms with Crippen molar-refractivity contribution in [3.8, 4) is 0 Å². The maximum Gasteiger partial charge on any atom is 0.419 e. The van der Waals surface area contributed by atoms with Crippen LogP contribution < -0.4 is 0 Å². The van der Waals surface area contributed by atoms with Crippen molar-refractivity contribution < 1.29 is 37.0 Å². The standard InChI is InChI=1S/C18H21F4NO4/c1-17(2,3)27-16(26)23-7-6-11(12(9-23)15(24)25)10-4-5-13(14(19)8-10)18(20,21)22/h4-5,8,11-12H,6-7,9H2,1-3H3,(H,24,25). The van der Waals surface area contributed by atoms with E-state index in [0.717, 1.165) is 12.1 Å². The van der Waals surface area contributed by atoms with E-state index < -0.39 is 47.1 Å². The Kier molecular flexibility index (Phi) is 5.72. The van der Waals surface area contributed by atoms with E-state index in [4.69, 9.17) is 4.74 Å². The summed E-state index contributed by atoms with van der Waals surface area (Å²) in [5.74, 6) is -4.45. The molecule has 0 aromatic heterocycles. The molecule has 9 heteroatoms. The number of aliphatic carboxylic acids is 1. The summed E-state index contributed by atoms with van der Waals surface area (Å²) in [6, 6.07) is 2.44. The quantitative estimate of drug-likeness (QED) is 0.765. The van der Waals surface area contributed by atoms with Crippen LogP contribution in [0.2, 0.25) is 0 Å². The SMILES string of the molecule is CC(C)(C)OC(=O)N1CCC(c2ccc(C(F)(F)F)c(F)c2)C(C(=O)O)C1. The Labute approximate surface area is 153 Å². The number of carbonyl (C=O) groups excluding carboxylic acids is 1. The van der Waals surface area contributed by atoms with E-state index in [1.165, 1.54) is 4.90 Å². The first kappa shape index (κ1) is 21.0. The first-order valence-electron chi connectivity index (χ1n) is 8.37. The maximum atomic E-state index is 13.9. The van der Waals surface area contributed by atoms with Crippen LogP contribution in [0.1, 0.15) is 44.2 Å². The number of ether oxygens (including phenoxy) is 1. The van der Waals surface area contributed by atoms with Gasteiger partial charge in [0.1, 0.15) is 11.4 Å². The molecule has 0 saturated carbocycles. The van der Waals surface area contributed by atoms with E-state index in [1.807, 2.05) is 0 Å². The van der Waals surface area contributed by atoms with E-state index in [1.54, 1.807) is 20.8 Å². The largest absolute Gasteiger partial charge is 0.481 e. The Hall–Kier alpha value is -2.32. The third-order valence-electron chi connectivity index (χ3n) is 4.31. The minimum Gasteiger partial charge on any atom is -0.481 e. The second-order valence-electron chi connectivity index (χ2n) is 7.50. The van der Waals surface area contributed by atoms with Crippen LogP contribution in [0.3, 0.4) is 0 Å². The molecule has 1 heterocycles. The molecular weight excluding hydrogens is 370 g/mol. The minimum atomic E-state index is -4.82. The Balaban J connectivity index is 2.23. The van der Waals surface area contributed by atoms with Crippen molar-refractivity contribution in [2.24, 2.45) is 5.92 Å². The number of nitrogens with zero attached hydrogens (tertiary/aromatic N) is 1. The number of alkyl halides is 3. The summed E-state index contributed by atoms with van der Waals surface area (Å²) in [5, 5.41) is 9.50. The molecule has 0 bridgehead atoms. The summed E-state index contributed by atoms with van der Waals surface area (Å²) < 4.78 is 57.2. The van der Waals surface area contributed by atoms with Gasteiger partial charge in [-0.05, 0) is 44.9 Å². The fourth-order valence-electron chi connectivity index (χ4n) is 3.09. The van der Waals surface area contributed by atoms with Crippen LogP contribution in [0.4, 0.5) is 22.4 Å². The third kappa shape index (κ3) is 5.11. The zero-order chi connectivity index (χ0) is 20.6. The Morgan fingerprint density at radius 1 is 1.22 bits per heavy atom. The van der Waals surface area contributed by atoms with Gasteiger partial charge in [0.15, 0.2) is 0 Å². The number of piperidine rings is 1. The Bertz CT molecular complexity index is 727. The summed E-state index contributed by atoms with van der Waals surface area (Å²) in [7, 11) is 0. The summed E-state index contributed by atoms with van der Waals surface area (Å²) in [4.78, 5) is 25.1. The van der Waals surface area contributed by atoms with Crippen molar-refractivity contribution in [1.82, 2.24) is 4.90 Å². The molecule has 0 spiro atoms. The van der Waals surface area contributed by atoms with Gasteiger partial charge in [0.2, 0.25) is 0 Å². The first-order valence-corrected chi connectivity index (χ1v) is 8.37. The number of carbonyl (C=O) groups is 2. The van der Waals surface area contributed by atoms with Crippen LogP contribution >= 0.6 is 0 Å². The van der Waals surface area contributed by atoms with Gasteiger partial charge in [0.05, 0.1) is 11.5 Å². The number of hydrogen-bond donors (Lipinski definition) is 1. The molecule has 150 valence electrons. The number of halogens is 4. The smallest absolute Gasteiger partial charge is 0.419 e. The lowest BCUT2D eigenvalue weighted by Crippen LogP contribution is -2.47. The molecule has 27 heavy (non-hydrogen) atoms. The lowest BCUT2D eigenvalue weighted by Gasteiger charge is -2.37. The summed E-state index contributed by atoms with van der Waals surface area (Å²) in [6.45, 7) is 5.02. The van der Waals surface area contributed by atoms with Crippen molar-refractivity contribution in [2.45, 2.75) is 44.9 Å². The van der Waals surface area contributed by atoms with Gasteiger partial charge in [-0.1, -0.05) is 6.07 Å². The summed E-state index contributed by atoms with van der Waals surface area (Å²) >= 11 is 0. The molecule has 0 aliphatic carbocycles. The van der Waals surface area contributed by atoms with E-state index >= 15 is 0 Å². The highest BCUT2D eigenvalue weighted by atomic mass is 19.4. The molecule has 1 aliphatic heterocycles. The van der Waals surface area contributed by atoms with Gasteiger partial charge in [0.25, 0.3) is 0 Å². The zero-order valence-electron chi connectivity index (χ0n) is 15.1. The Morgan fingerprint density at radius 2 is 1.85 bits per heavy atom. The molecule has 2 atom stereocenters. The predicted molar refractivity (Wildman–Crippen MR) is 87.7 cm³/mol. The lowest BCUT2D eigenvalue weighted by atomic mass is 9.80. The lowest BCUT2D eigenvalue weighted by molar-refractivity contribution is -0.144. The molecule has 0 radical (unpaired) electrons. The van der Waals surface area contributed by atoms with Gasteiger partial charge in [0, 0.05) is 19.0 Å². The van der Waals surface area contributed by atoms with Gasteiger partial charge >= 0.3 is 18.2 Å². The highest BCUT2D eigenvalue weighted by Gasteiger charge is 2.40. The summed E-state index contributed by atoms with van der Waals surface area (Å²) in [5.41, 5.74) is -1.98. The van der Waals surface area contributed by atoms with Crippen molar-refractivity contribution in [3.05, 3.63) is 35.1 Å². The molecule has 1 aliphatic rings. The number of rotatable bonds is 2. The first-order chi connectivity index (χ1) is 12.3.